The first-order chi connectivity index (χ1) is 8.67. The fourth-order valence-corrected chi connectivity index (χ4v) is 2.37. The Kier molecular flexibility index (Phi) is 6.57. The second kappa shape index (κ2) is 7.69. The average molecular weight is 316 g/mol. The molecule has 18 heavy (non-hydrogen) atoms. The Morgan fingerprint density at radius 3 is 2.50 bits per heavy atom. The third-order valence-corrected chi connectivity index (χ3v) is 3.52. The molecule has 1 rings (SSSR count). The van der Waals surface area contributed by atoms with Crippen LogP contribution < -0.4 is 5.32 Å². The van der Waals surface area contributed by atoms with E-state index in [0.29, 0.717) is 6.61 Å². The van der Waals surface area contributed by atoms with E-state index in [2.05, 4.69) is 45.1 Å². The van der Waals surface area contributed by atoms with Crippen molar-refractivity contribution in [2.45, 2.75) is 46.1 Å². The van der Waals surface area contributed by atoms with E-state index in [4.69, 9.17) is 4.74 Å². The second-order valence-corrected chi connectivity index (χ2v) is 4.84. The molecule has 4 nitrogen and oxygen atoms in total. The summed E-state index contributed by atoms with van der Waals surface area (Å²) in [7, 11) is 1.87. The third-order valence-electron chi connectivity index (χ3n) is 2.69. The molecule has 0 aliphatic carbocycles. The van der Waals surface area contributed by atoms with E-state index in [1.54, 1.807) is 0 Å². The Morgan fingerprint density at radius 2 is 2.00 bits per heavy atom. The van der Waals surface area contributed by atoms with E-state index < -0.39 is 0 Å². The molecule has 1 unspecified atom stereocenters. The highest BCUT2D eigenvalue weighted by Gasteiger charge is 2.17. The van der Waals surface area contributed by atoms with E-state index in [-0.39, 0.29) is 6.10 Å². The van der Waals surface area contributed by atoms with Crippen molar-refractivity contribution >= 4 is 21.7 Å². The summed E-state index contributed by atoms with van der Waals surface area (Å²) in [5.74, 6) is 1.61. The van der Waals surface area contributed by atoms with Crippen molar-refractivity contribution in [1.29, 1.82) is 0 Å². The lowest BCUT2D eigenvalue weighted by atomic mass is 10.2. The van der Waals surface area contributed by atoms with Crippen LogP contribution in [0.15, 0.2) is 4.47 Å². The Balaban J connectivity index is 3.14. The molecule has 0 aliphatic rings. The maximum atomic E-state index is 5.68. The van der Waals surface area contributed by atoms with Crippen molar-refractivity contribution in [3.63, 3.8) is 0 Å². The van der Waals surface area contributed by atoms with E-state index >= 15 is 0 Å². The van der Waals surface area contributed by atoms with Crippen molar-refractivity contribution in [1.82, 2.24) is 9.97 Å². The first-order valence-corrected chi connectivity index (χ1v) is 7.32. The first-order valence-electron chi connectivity index (χ1n) is 6.53. The third kappa shape index (κ3) is 3.65. The Hall–Kier alpha value is -0.680. The fraction of sp³-hybridized carbons (Fsp3) is 0.692. The summed E-state index contributed by atoms with van der Waals surface area (Å²) in [5, 5.41) is 3.10. The smallest absolute Gasteiger partial charge is 0.159 e. The molecular formula is C13H22BrN3O. The molecule has 1 aromatic heterocycles. The van der Waals surface area contributed by atoms with Crippen LogP contribution in [-0.4, -0.2) is 23.6 Å². The SMILES string of the molecule is CCCc1nc(C(CC)OCC)nc(NC)c1Br. The van der Waals surface area contributed by atoms with Crippen LogP contribution >= 0.6 is 15.9 Å². The minimum absolute atomic E-state index is 0.0224. The van der Waals surface area contributed by atoms with Gasteiger partial charge in [0.15, 0.2) is 5.82 Å². The monoisotopic (exact) mass is 315 g/mol. The summed E-state index contributed by atoms with van der Waals surface area (Å²) in [4.78, 5) is 9.17. The zero-order chi connectivity index (χ0) is 13.5. The van der Waals surface area contributed by atoms with Gasteiger partial charge in [0.25, 0.3) is 0 Å². The molecule has 0 amide bonds. The average Bonchev–Trinajstić information content (AvgIpc) is 2.38. The van der Waals surface area contributed by atoms with Gasteiger partial charge in [0, 0.05) is 13.7 Å². The maximum Gasteiger partial charge on any atom is 0.159 e. The van der Waals surface area contributed by atoms with E-state index in [0.717, 1.165) is 41.1 Å². The molecule has 5 heteroatoms. The highest BCUT2D eigenvalue weighted by atomic mass is 79.9. The number of halogens is 1. The molecule has 0 aliphatic heterocycles. The summed E-state index contributed by atoms with van der Waals surface area (Å²) >= 11 is 3.56. The molecule has 0 saturated carbocycles. The summed E-state index contributed by atoms with van der Waals surface area (Å²) in [5.41, 5.74) is 1.05. The standard InChI is InChI=1S/C13H22BrN3O/c1-5-8-9-11(14)13(15-4)17-12(16-9)10(6-2)18-7-3/h10H,5-8H2,1-4H3,(H,15,16,17). The Bertz CT molecular complexity index is 385. The van der Waals surface area contributed by atoms with Crippen LogP contribution in [0.1, 0.15) is 51.2 Å². The van der Waals surface area contributed by atoms with Gasteiger partial charge in [-0.05, 0) is 35.7 Å². The number of aromatic nitrogens is 2. The Morgan fingerprint density at radius 1 is 1.28 bits per heavy atom. The quantitative estimate of drug-likeness (QED) is 0.833. The predicted octanol–water partition coefficient (Wildman–Crippen LogP) is 3.72. The number of hydrogen-bond acceptors (Lipinski definition) is 4. The van der Waals surface area contributed by atoms with Gasteiger partial charge in [-0.25, -0.2) is 9.97 Å². The van der Waals surface area contributed by atoms with Gasteiger partial charge in [-0.3, -0.25) is 0 Å². The number of nitrogens with one attached hydrogen (secondary N) is 1. The molecular weight excluding hydrogens is 294 g/mol. The van der Waals surface area contributed by atoms with Crippen molar-refractivity contribution < 1.29 is 4.74 Å². The van der Waals surface area contributed by atoms with Gasteiger partial charge in [0.05, 0.1) is 10.2 Å². The van der Waals surface area contributed by atoms with Crippen molar-refractivity contribution in [2.24, 2.45) is 0 Å². The number of rotatable bonds is 7. The van der Waals surface area contributed by atoms with Crippen LogP contribution in [0.25, 0.3) is 0 Å². The van der Waals surface area contributed by atoms with E-state index in [9.17, 15) is 0 Å². The van der Waals surface area contributed by atoms with Crippen LogP contribution in [0.2, 0.25) is 0 Å². The zero-order valence-corrected chi connectivity index (χ0v) is 13.2. The lowest BCUT2D eigenvalue weighted by molar-refractivity contribution is 0.0534. The lowest BCUT2D eigenvalue weighted by Gasteiger charge is -2.17. The lowest BCUT2D eigenvalue weighted by Crippen LogP contribution is -2.12. The van der Waals surface area contributed by atoms with Gasteiger partial charge in [-0.2, -0.15) is 0 Å². The summed E-state index contributed by atoms with van der Waals surface area (Å²) in [6.45, 7) is 6.90. The summed E-state index contributed by atoms with van der Waals surface area (Å²) < 4.78 is 6.64. The first kappa shape index (κ1) is 15.4. The van der Waals surface area contributed by atoms with Crippen molar-refractivity contribution in [3.8, 4) is 0 Å². The molecule has 0 spiro atoms. The second-order valence-electron chi connectivity index (χ2n) is 4.04. The van der Waals surface area contributed by atoms with Gasteiger partial charge in [0.1, 0.15) is 11.9 Å². The molecule has 1 heterocycles. The van der Waals surface area contributed by atoms with Gasteiger partial charge in [0.2, 0.25) is 0 Å². The molecule has 1 atom stereocenters. The molecule has 0 fully saturated rings. The predicted molar refractivity (Wildman–Crippen MR) is 77.9 cm³/mol. The number of nitrogens with zero attached hydrogens (tertiary/aromatic N) is 2. The van der Waals surface area contributed by atoms with E-state index in [1.165, 1.54) is 0 Å². The number of ether oxygens (including phenoxy) is 1. The molecule has 102 valence electrons. The highest BCUT2D eigenvalue weighted by Crippen LogP contribution is 2.27. The molecule has 1 N–H and O–H groups in total. The molecule has 0 aromatic carbocycles. The Labute approximate surface area is 118 Å². The number of anilines is 1. The van der Waals surface area contributed by atoms with Gasteiger partial charge in [-0.1, -0.05) is 20.3 Å². The van der Waals surface area contributed by atoms with Gasteiger partial charge < -0.3 is 10.1 Å². The summed E-state index contributed by atoms with van der Waals surface area (Å²) in [6.07, 6.45) is 2.85. The maximum absolute atomic E-state index is 5.68. The molecule has 0 saturated heterocycles. The minimum Gasteiger partial charge on any atom is -0.372 e. The van der Waals surface area contributed by atoms with Gasteiger partial charge >= 0.3 is 0 Å². The van der Waals surface area contributed by atoms with Crippen LogP contribution in [0.5, 0.6) is 0 Å². The summed E-state index contributed by atoms with van der Waals surface area (Å²) in [6, 6.07) is 0. The molecule has 1 aromatic rings. The minimum atomic E-state index is -0.0224. The molecule has 0 radical (unpaired) electrons. The number of hydrogen-bond donors (Lipinski definition) is 1. The van der Waals surface area contributed by atoms with Crippen molar-refractivity contribution in [3.05, 3.63) is 16.0 Å². The largest absolute Gasteiger partial charge is 0.372 e. The van der Waals surface area contributed by atoms with Crippen LogP contribution in [0.3, 0.4) is 0 Å². The topological polar surface area (TPSA) is 47.0 Å². The fourth-order valence-electron chi connectivity index (χ4n) is 1.80. The zero-order valence-electron chi connectivity index (χ0n) is 11.6. The van der Waals surface area contributed by atoms with Crippen LogP contribution in [0, 0.1) is 0 Å². The molecule has 0 bridgehead atoms. The van der Waals surface area contributed by atoms with E-state index in [1.807, 2.05) is 14.0 Å². The highest BCUT2D eigenvalue weighted by molar-refractivity contribution is 9.10. The van der Waals surface area contributed by atoms with Crippen LogP contribution in [0.4, 0.5) is 5.82 Å². The van der Waals surface area contributed by atoms with Crippen LogP contribution in [-0.2, 0) is 11.2 Å². The normalized spacial score (nSPS) is 12.5. The van der Waals surface area contributed by atoms with Gasteiger partial charge in [-0.15, -0.1) is 0 Å². The number of aryl methyl sites for hydroxylation is 1. The van der Waals surface area contributed by atoms with Crippen molar-refractivity contribution in [2.75, 3.05) is 19.0 Å².